The normalized spacial score (nSPS) is 18.4. The van der Waals surface area contributed by atoms with E-state index in [0.29, 0.717) is 0 Å². The van der Waals surface area contributed by atoms with Gasteiger partial charge in [0.1, 0.15) is 0 Å². The first-order chi connectivity index (χ1) is 4.97. The van der Waals surface area contributed by atoms with Crippen molar-refractivity contribution < 1.29 is 5.32 Å². The predicted octanol–water partition coefficient (Wildman–Crippen LogP) is 0.347. The Morgan fingerprint density at radius 3 is 2.30 bits per heavy atom. The summed E-state index contributed by atoms with van der Waals surface area (Å²) < 4.78 is 0. The molecule has 1 heterocycles. The van der Waals surface area contributed by atoms with Crippen LogP contribution in [-0.2, 0) is 0 Å². The van der Waals surface area contributed by atoms with Crippen molar-refractivity contribution in [1.29, 1.82) is 0 Å². The molecule has 1 aliphatic rings. The summed E-state index contributed by atoms with van der Waals surface area (Å²) >= 11 is 0. The number of hydrogen-bond donors (Lipinski definition) is 1. The number of nitrogens with two attached hydrogens (primary N) is 1. The molecule has 0 unspecified atom stereocenters. The minimum absolute atomic E-state index is 0.834. The molecule has 0 amide bonds. The topological polar surface area (TPSA) is 16.6 Å². The highest BCUT2D eigenvalue weighted by atomic mass is 14.9. The van der Waals surface area contributed by atoms with Crippen molar-refractivity contribution in [1.82, 2.24) is 0 Å². The third-order valence-electron chi connectivity index (χ3n) is 2.17. The lowest BCUT2D eigenvalue weighted by Gasteiger charge is -2.22. The molecule has 10 heavy (non-hydrogen) atoms. The predicted molar refractivity (Wildman–Crippen MR) is 40.8 cm³/mol. The van der Waals surface area contributed by atoms with Crippen molar-refractivity contribution in [2.24, 2.45) is 0 Å². The second kappa shape index (κ2) is 2.43. The van der Waals surface area contributed by atoms with Crippen LogP contribution in [0, 0.1) is 0 Å². The van der Waals surface area contributed by atoms with Gasteiger partial charge in [0, 0.05) is 0 Å². The van der Waals surface area contributed by atoms with Gasteiger partial charge in [0.25, 0.3) is 0 Å². The SMILES string of the molecule is c1ccc(C2C[NH2+]C2)cc1. The molecular weight excluding hydrogens is 122 g/mol. The Balaban J connectivity index is 2.18. The van der Waals surface area contributed by atoms with Gasteiger partial charge in [-0.15, -0.1) is 0 Å². The minimum atomic E-state index is 0.834. The van der Waals surface area contributed by atoms with Crippen LogP contribution in [0.15, 0.2) is 30.3 Å². The van der Waals surface area contributed by atoms with Gasteiger partial charge in [-0.3, -0.25) is 0 Å². The van der Waals surface area contributed by atoms with Crippen LogP contribution in [0.3, 0.4) is 0 Å². The lowest BCUT2D eigenvalue weighted by Crippen LogP contribution is -2.95. The number of rotatable bonds is 1. The molecular formula is C9H12N+. The van der Waals surface area contributed by atoms with Crippen molar-refractivity contribution in [3.05, 3.63) is 35.9 Å². The van der Waals surface area contributed by atoms with E-state index >= 15 is 0 Å². The van der Waals surface area contributed by atoms with E-state index in [0.717, 1.165) is 5.92 Å². The van der Waals surface area contributed by atoms with Crippen LogP contribution in [0.25, 0.3) is 0 Å². The largest absolute Gasteiger partial charge is 0.345 e. The maximum Gasteiger partial charge on any atom is 0.0880 e. The van der Waals surface area contributed by atoms with Crippen molar-refractivity contribution in [3.63, 3.8) is 0 Å². The maximum absolute atomic E-state index is 2.34. The third-order valence-corrected chi connectivity index (χ3v) is 2.17. The smallest absolute Gasteiger partial charge is 0.0880 e. The van der Waals surface area contributed by atoms with Gasteiger partial charge in [0.05, 0.1) is 19.0 Å². The van der Waals surface area contributed by atoms with E-state index in [1.54, 1.807) is 0 Å². The molecule has 0 saturated carbocycles. The van der Waals surface area contributed by atoms with Gasteiger partial charge in [-0.1, -0.05) is 30.3 Å². The second-order valence-electron chi connectivity index (χ2n) is 2.87. The second-order valence-corrected chi connectivity index (χ2v) is 2.87. The molecule has 2 rings (SSSR count). The van der Waals surface area contributed by atoms with E-state index in [9.17, 15) is 0 Å². The highest BCUT2D eigenvalue weighted by Gasteiger charge is 2.22. The number of quaternary nitrogens is 1. The Hall–Kier alpha value is -0.820. The Morgan fingerprint density at radius 1 is 1.10 bits per heavy atom. The summed E-state index contributed by atoms with van der Waals surface area (Å²) in [5.74, 6) is 0.834. The van der Waals surface area contributed by atoms with Crippen LogP contribution in [0.5, 0.6) is 0 Å². The average molecular weight is 134 g/mol. The molecule has 0 bridgehead atoms. The zero-order valence-corrected chi connectivity index (χ0v) is 5.96. The summed E-state index contributed by atoms with van der Waals surface area (Å²) in [4.78, 5) is 0. The van der Waals surface area contributed by atoms with Crippen LogP contribution in [0.1, 0.15) is 11.5 Å². The molecule has 1 aliphatic heterocycles. The van der Waals surface area contributed by atoms with Gasteiger partial charge in [0.2, 0.25) is 0 Å². The van der Waals surface area contributed by atoms with Crippen LogP contribution >= 0.6 is 0 Å². The van der Waals surface area contributed by atoms with Gasteiger partial charge in [-0.2, -0.15) is 0 Å². The monoisotopic (exact) mass is 134 g/mol. The van der Waals surface area contributed by atoms with Crippen LogP contribution < -0.4 is 5.32 Å². The van der Waals surface area contributed by atoms with Crippen molar-refractivity contribution >= 4 is 0 Å². The van der Waals surface area contributed by atoms with Crippen LogP contribution in [-0.4, -0.2) is 13.1 Å². The molecule has 52 valence electrons. The minimum Gasteiger partial charge on any atom is -0.345 e. The molecule has 0 radical (unpaired) electrons. The first kappa shape index (κ1) is 5.93. The van der Waals surface area contributed by atoms with E-state index < -0.39 is 0 Å². The molecule has 0 aliphatic carbocycles. The van der Waals surface area contributed by atoms with E-state index in [1.165, 1.54) is 18.7 Å². The van der Waals surface area contributed by atoms with Gasteiger partial charge in [-0.25, -0.2) is 0 Å². The standard InChI is InChI=1S/C9H11N/c1-2-4-8(5-3-1)9-6-10-7-9/h1-5,9-10H,6-7H2/p+1. The van der Waals surface area contributed by atoms with Crippen molar-refractivity contribution in [2.75, 3.05) is 13.1 Å². The van der Waals surface area contributed by atoms with E-state index in [4.69, 9.17) is 0 Å². The zero-order chi connectivity index (χ0) is 6.81. The lowest BCUT2D eigenvalue weighted by atomic mass is 9.94. The summed E-state index contributed by atoms with van der Waals surface area (Å²) in [6.07, 6.45) is 0. The molecule has 1 heteroatoms. The molecule has 0 aromatic heterocycles. The number of benzene rings is 1. The van der Waals surface area contributed by atoms with Crippen LogP contribution in [0.4, 0.5) is 0 Å². The maximum atomic E-state index is 2.34. The van der Waals surface area contributed by atoms with Crippen LogP contribution in [0.2, 0.25) is 0 Å². The first-order valence-electron chi connectivity index (χ1n) is 3.83. The summed E-state index contributed by atoms with van der Waals surface area (Å²) in [5, 5.41) is 2.34. The van der Waals surface area contributed by atoms with Gasteiger partial charge >= 0.3 is 0 Å². The molecule has 1 fully saturated rings. The summed E-state index contributed by atoms with van der Waals surface area (Å²) in [6.45, 7) is 2.56. The third kappa shape index (κ3) is 0.929. The quantitative estimate of drug-likeness (QED) is 0.570. The Bertz CT molecular complexity index is 201. The molecule has 0 atom stereocenters. The van der Waals surface area contributed by atoms with Crippen molar-refractivity contribution in [3.8, 4) is 0 Å². The van der Waals surface area contributed by atoms with Gasteiger partial charge < -0.3 is 5.32 Å². The molecule has 1 nitrogen and oxygen atoms in total. The fraction of sp³-hybridized carbons (Fsp3) is 0.333. The fourth-order valence-corrected chi connectivity index (χ4v) is 1.33. The zero-order valence-electron chi connectivity index (χ0n) is 5.96. The lowest BCUT2D eigenvalue weighted by molar-refractivity contribution is -0.712. The molecule has 1 aromatic carbocycles. The Labute approximate surface area is 61.1 Å². The fourth-order valence-electron chi connectivity index (χ4n) is 1.33. The highest BCUT2D eigenvalue weighted by molar-refractivity contribution is 5.20. The van der Waals surface area contributed by atoms with Gasteiger partial charge in [0.15, 0.2) is 0 Å². The highest BCUT2D eigenvalue weighted by Crippen LogP contribution is 2.14. The van der Waals surface area contributed by atoms with E-state index in [2.05, 4.69) is 35.6 Å². The molecule has 1 saturated heterocycles. The molecule has 2 N–H and O–H groups in total. The van der Waals surface area contributed by atoms with Crippen molar-refractivity contribution in [2.45, 2.75) is 5.92 Å². The van der Waals surface area contributed by atoms with Gasteiger partial charge in [-0.05, 0) is 5.56 Å². The number of hydrogen-bond acceptors (Lipinski definition) is 0. The summed E-state index contributed by atoms with van der Waals surface area (Å²) in [5.41, 5.74) is 1.50. The van der Waals surface area contributed by atoms with E-state index in [1.807, 2.05) is 0 Å². The molecule has 1 aromatic rings. The average Bonchev–Trinajstić information content (AvgIpc) is 1.86. The Morgan fingerprint density at radius 2 is 1.80 bits per heavy atom. The summed E-state index contributed by atoms with van der Waals surface area (Å²) in [6, 6.07) is 10.8. The van der Waals surface area contributed by atoms with E-state index in [-0.39, 0.29) is 0 Å². The Kier molecular flexibility index (Phi) is 1.44. The summed E-state index contributed by atoms with van der Waals surface area (Å²) in [7, 11) is 0. The first-order valence-corrected chi connectivity index (χ1v) is 3.83. The molecule has 0 spiro atoms.